The highest BCUT2D eigenvalue weighted by molar-refractivity contribution is 5.93. The Labute approximate surface area is 125 Å². The summed E-state index contributed by atoms with van der Waals surface area (Å²) in [6, 6.07) is 0.373. The Morgan fingerprint density at radius 2 is 2.14 bits per heavy atom. The number of carbonyl (C=O) groups is 1. The Morgan fingerprint density at radius 1 is 1.43 bits per heavy atom. The Kier molecular flexibility index (Phi) is 3.75. The molecule has 3 heterocycles. The Morgan fingerprint density at radius 3 is 2.71 bits per heavy atom. The van der Waals surface area contributed by atoms with Crippen LogP contribution in [0.5, 0.6) is 0 Å². The molecule has 2 saturated heterocycles. The number of rotatable bonds is 2. The van der Waals surface area contributed by atoms with Crippen LogP contribution in [0.25, 0.3) is 0 Å². The molecule has 0 N–H and O–H groups in total. The van der Waals surface area contributed by atoms with Crippen LogP contribution in [0.4, 0.5) is 0 Å². The number of carbonyl (C=O) groups excluding carboxylic acids is 1. The Balaban J connectivity index is 1.83. The quantitative estimate of drug-likeness (QED) is 0.819. The van der Waals surface area contributed by atoms with E-state index in [2.05, 4.69) is 24.2 Å². The maximum atomic E-state index is 12.7. The van der Waals surface area contributed by atoms with Crippen molar-refractivity contribution in [2.45, 2.75) is 25.8 Å². The van der Waals surface area contributed by atoms with Gasteiger partial charge in [0.25, 0.3) is 5.91 Å². The number of likely N-dealkylation sites (tertiary alicyclic amines) is 1. The number of nitrogens with zero attached hydrogens (tertiary/aromatic N) is 3. The van der Waals surface area contributed by atoms with Gasteiger partial charge in [-0.3, -0.25) is 4.79 Å². The zero-order valence-corrected chi connectivity index (χ0v) is 13.0. The monoisotopic (exact) mass is 293 g/mol. The molecule has 0 aliphatic carbocycles. The second kappa shape index (κ2) is 5.42. The van der Waals surface area contributed by atoms with E-state index in [4.69, 9.17) is 9.26 Å². The van der Waals surface area contributed by atoms with Crippen LogP contribution in [0.2, 0.25) is 0 Å². The third kappa shape index (κ3) is 2.46. The van der Waals surface area contributed by atoms with Crippen molar-refractivity contribution in [2.75, 3.05) is 40.4 Å². The second-order valence-electron chi connectivity index (χ2n) is 6.49. The number of aryl methyl sites for hydroxylation is 1. The molecule has 2 fully saturated rings. The van der Waals surface area contributed by atoms with Gasteiger partial charge in [0.2, 0.25) is 0 Å². The molecular formula is C15H23N3O3. The largest absolute Gasteiger partial charge is 0.381 e. The van der Waals surface area contributed by atoms with Crippen LogP contribution in [0, 0.1) is 12.3 Å². The van der Waals surface area contributed by atoms with Crippen LogP contribution in [0.3, 0.4) is 0 Å². The number of ether oxygens (including phenoxy) is 1. The van der Waals surface area contributed by atoms with E-state index < -0.39 is 0 Å². The van der Waals surface area contributed by atoms with E-state index in [1.807, 2.05) is 11.8 Å². The van der Waals surface area contributed by atoms with E-state index in [1.165, 1.54) is 6.26 Å². The first kappa shape index (κ1) is 14.5. The van der Waals surface area contributed by atoms with Gasteiger partial charge in [0.15, 0.2) is 5.69 Å². The molecule has 0 radical (unpaired) electrons. The number of likely N-dealkylation sites (N-methyl/N-ethyl adjacent to an activating group) is 1. The predicted molar refractivity (Wildman–Crippen MR) is 77.1 cm³/mol. The summed E-state index contributed by atoms with van der Waals surface area (Å²) in [6.07, 6.45) is 3.55. The first-order valence-corrected chi connectivity index (χ1v) is 7.48. The molecule has 1 amide bonds. The van der Waals surface area contributed by atoms with Crippen molar-refractivity contribution in [2.24, 2.45) is 5.41 Å². The zero-order chi connectivity index (χ0) is 15.0. The first-order chi connectivity index (χ1) is 10.0. The standard InChI is InChI=1S/C15H23N3O3/c1-11-9-21-16-13(11)14(19)18-8-12(17(2)3)15(10-18)4-6-20-7-5-15/h9,12H,4-8,10H2,1-3H3. The van der Waals surface area contributed by atoms with Gasteiger partial charge in [-0.05, 0) is 33.9 Å². The lowest BCUT2D eigenvalue weighted by molar-refractivity contribution is -0.00818. The van der Waals surface area contributed by atoms with Gasteiger partial charge in [0, 0.05) is 43.3 Å². The lowest BCUT2D eigenvalue weighted by Gasteiger charge is -2.40. The van der Waals surface area contributed by atoms with Crippen molar-refractivity contribution < 1.29 is 14.1 Å². The molecule has 0 saturated carbocycles. The number of hydrogen-bond acceptors (Lipinski definition) is 5. The second-order valence-corrected chi connectivity index (χ2v) is 6.49. The average Bonchev–Trinajstić information content (AvgIpc) is 3.03. The Bertz CT molecular complexity index is 520. The van der Waals surface area contributed by atoms with Gasteiger partial charge in [-0.2, -0.15) is 0 Å². The fraction of sp³-hybridized carbons (Fsp3) is 0.733. The maximum Gasteiger partial charge on any atom is 0.276 e. The Hall–Kier alpha value is -1.40. The van der Waals surface area contributed by atoms with E-state index in [9.17, 15) is 4.79 Å². The molecule has 1 spiro atoms. The third-order valence-corrected chi connectivity index (χ3v) is 4.95. The highest BCUT2D eigenvalue weighted by Crippen LogP contribution is 2.42. The summed E-state index contributed by atoms with van der Waals surface area (Å²) in [6.45, 7) is 4.96. The molecule has 3 rings (SSSR count). The van der Waals surface area contributed by atoms with E-state index >= 15 is 0 Å². The van der Waals surface area contributed by atoms with Crippen molar-refractivity contribution in [3.8, 4) is 0 Å². The van der Waals surface area contributed by atoms with Gasteiger partial charge in [-0.15, -0.1) is 0 Å². The molecular weight excluding hydrogens is 270 g/mol. The highest BCUT2D eigenvalue weighted by Gasteiger charge is 2.49. The molecule has 6 nitrogen and oxygen atoms in total. The summed E-state index contributed by atoms with van der Waals surface area (Å²) in [5.41, 5.74) is 1.39. The molecule has 1 aromatic rings. The van der Waals surface area contributed by atoms with Gasteiger partial charge >= 0.3 is 0 Å². The van der Waals surface area contributed by atoms with Gasteiger partial charge in [-0.25, -0.2) is 0 Å². The zero-order valence-electron chi connectivity index (χ0n) is 13.0. The minimum atomic E-state index is -0.0172. The van der Waals surface area contributed by atoms with Crippen molar-refractivity contribution in [1.29, 1.82) is 0 Å². The summed E-state index contributed by atoms with van der Waals surface area (Å²) >= 11 is 0. The average molecular weight is 293 g/mol. The molecule has 2 aliphatic heterocycles. The van der Waals surface area contributed by atoms with Crippen LogP contribution in [-0.2, 0) is 4.74 Å². The third-order valence-electron chi connectivity index (χ3n) is 4.95. The van der Waals surface area contributed by atoms with Crippen LogP contribution < -0.4 is 0 Å². The summed E-state index contributed by atoms with van der Waals surface area (Å²) in [7, 11) is 4.19. The molecule has 0 aromatic carbocycles. The summed E-state index contributed by atoms with van der Waals surface area (Å²) in [5, 5.41) is 3.86. The molecule has 1 aromatic heterocycles. The molecule has 2 aliphatic rings. The lowest BCUT2D eigenvalue weighted by atomic mass is 9.75. The van der Waals surface area contributed by atoms with Crippen molar-refractivity contribution >= 4 is 5.91 Å². The molecule has 6 heteroatoms. The van der Waals surface area contributed by atoms with Crippen molar-refractivity contribution in [3.63, 3.8) is 0 Å². The van der Waals surface area contributed by atoms with E-state index in [-0.39, 0.29) is 11.3 Å². The molecule has 21 heavy (non-hydrogen) atoms. The van der Waals surface area contributed by atoms with Crippen molar-refractivity contribution in [3.05, 3.63) is 17.5 Å². The van der Waals surface area contributed by atoms with Crippen LogP contribution in [-0.4, -0.2) is 67.3 Å². The normalized spacial score (nSPS) is 25.0. The van der Waals surface area contributed by atoms with E-state index in [1.54, 1.807) is 0 Å². The van der Waals surface area contributed by atoms with E-state index in [0.29, 0.717) is 11.7 Å². The molecule has 1 unspecified atom stereocenters. The van der Waals surface area contributed by atoms with Gasteiger partial charge in [0.05, 0.1) is 0 Å². The maximum absolute atomic E-state index is 12.7. The van der Waals surface area contributed by atoms with Crippen LogP contribution >= 0.6 is 0 Å². The molecule has 116 valence electrons. The van der Waals surface area contributed by atoms with Crippen LogP contribution in [0.1, 0.15) is 28.9 Å². The minimum absolute atomic E-state index is 0.0172. The topological polar surface area (TPSA) is 58.8 Å². The molecule has 0 bridgehead atoms. The number of amides is 1. The highest BCUT2D eigenvalue weighted by atomic mass is 16.5. The van der Waals surface area contributed by atoms with Gasteiger partial charge < -0.3 is 19.1 Å². The predicted octanol–water partition coefficient (Wildman–Crippen LogP) is 1.17. The van der Waals surface area contributed by atoms with Crippen LogP contribution in [0.15, 0.2) is 10.8 Å². The van der Waals surface area contributed by atoms with E-state index in [0.717, 1.165) is 44.7 Å². The number of aromatic nitrogens is 1. The van der Waals surface area contributed by atoms with Gasteiger partial charge in [0.1, 0.15) is 6.26 Å². The minimum Gasteiger partial charge on any atom is -0.381 e. The first-order valence-electron chi connectivity index (χ1n) is 7.48. The summed E-state index contributed by atoms with van der Waals surface area (Å²) in [5.74, 6) is -0.0172. The summed E-state index contributed by atoms with van der Waals surface area (Å²) in [4.78, 5) is 16.9. The smallest absolute Gasteiger partial charge is 0.276 e. The fourth-order valence-corrected chi connectivity index (χ4v) is 3.73. The van der Waals surface area contributed by atoms with Gasteiger partial charge in [-0.1, -0.05) is 5.16 Å². The number of hydrogen-bond donors (Lipinski definition) is 0. The summed E-state index contributed by atoms with van der Waals surface area (Å²) < 4.78 is 10.4. The molecule has 1 atom stereocenters. The van der Waals surface area contributed by atoms with Crippen molar-refractivity contribution in [1.82, 2.24) is 15.0 Å². The lowest BCUT2D eigenvalue weighted by Crippen LogP contribution is -2.46. The SMILES string of the molecule is Cc1conc1C(=O)N1CC(N(C)C)C2(CCOCC2)C1. The fourth-order valence-electron chi connectivity index (χ4n) is 3.73.